The third kappa shape index (κ3) is 8.47. The van der Waals surface area contributed by atoms with Gasteiger partial charge in [0.1, 0.15) is 9.84 Å². The zero-order chi connectivity index (χ0) is 11.0. The largest absolute Gasteiger partial charge is 0.383 e. The van der Waals surface area contributed by atoms with Crippen LogP contribution in [-0.4, -0.2) is 47.2 Å². The minimum absolute atomic E-state index is 0.288. The van der Waals surface area contributed by atoms with E-state index in [1.165, 1.54) is 6.26 Å². The summed E-state index contributed by atoms with van der Waals surface area (Å²) in [6.07, 6.45) is 3.89. The summed E-state index contributed by atoms with van der Waals surface area (Å²) in [5.41, 5.74) is 0. The number of ether oxygens (including phenoxy) is 1. The van der Waals surface area contributed by atoms with Gasteiger partial charge in [-0.1, -0.05) is 6.42 Å². The second-order valence-electron chi connectivity index (χ2n) is 3.57. The molecular weight excluding hydrogens is 202 g/mol. The molecule has 0 aliphatic rings. The Balaban J connectivity index is 3.52. The molecule has 14 heavy (non-hydrogen) atoms. The zero-order valence-corrected chi connectivity index (χ0v) is 10.1. The number of methoxy groups -OCH3 is 1. The minimum Gasteiger partial charge on any atom is -0.383 e. The van der Waals surface area contributed by atoms with Gasteiger partial charge in [-0.05, 0) is 19.9 Å². The van der Waals surface area contributed by atoms with Crippen LogP contribution >= 0.6 is 0 Å². The Bertz CT molecular complexity index is 226. The van der Waals surface area contributed by atoms with E-state index in [9.17, 15) is 8.42 Å². The molecule has 0 aliphatic carbocycles. The molecule has 1 N–H and O–H groups in total. The highest BCUT2D eigenvalue weighted by Gasteiger charge is 2.06. The highest BCUT2D eigenvalue weighted by molar-refractivity contribution is 7.90. The number of hydrogen-bond acceptors (Lipinski definition) is 4. The third-order valence-electron chi connectivity index (χ3n) is 2.09. The fourth-order valence-corrected chi connectivity index (χ4v) is 2.00. The Morgan fingerprint density at radius 1 is 1.36 bits per heavy atom. The van der Waals surface area contributed by atoms with E-state index >= 15 is 0 Å². The SMILES string of the molecule is CNC(CCCCS(C)(=O)=O)COC. The number of sulfone groups is 1. The lowest BCUT2D eigenvalue weighted by Crippen LogP contribution is -2.29. The van der Waals surface area contributed by atoms with Crippen LogP contribution in [0.1, 0.15) is 19.3 Å². The van der Waals surface area contributed by atoms with Crippen molar-refractivity contribution in [3.63, 3.8) is 0 Å². The second kappa shape index (κ2) is 7.20. The molecule has 1 unspecified atom stereocenters. The molecular formula is C9H21NO3S. The summed E-state index contributed by atoms with van der Waals surface area (Å²) in [6, 6.07) is 0.333. The summed E-state index contributed by atoms with van der Waals surface area (Å²) in [5.74, 6) is 0.288. The molecule has 0 rings (SSSR count). The van der Waals surface area contributed by atoms with Gasteiger partial charge < -0.3 is 10.1 Å². The standard InChI is InChI=1S/C9H21NO3S/c1-10-9(8-13-2)6-4-5-7-14(3,11)12/h9-10H,4-8H2,1-3H3. The van der Waals surface area contributed by atoms with E-state index < -0.39 is 9.84 Å². The third-order valence-corrected chi connectivity index (χ3v) is 3.12. The van der Waals surface area contributed by atoms with Crippen molar-refractivity contribution in [2.45, 2.75) is 25.3 Å². The van der Waals surface area contributed by atoms with Gasteiger partial charge in [0.25, 0.3) is 0 Å². The average Bonchev–Trinajstić information content (AvgIpc) is 2.08. The summed E-state index contributed by atoms with van der Waals surface area (Å²) >= 11 is 0. The smallest absolute Gasteiger partial charge is 0.147 e. The van der Waals surface area contributed by atoms with Gasteiger partial charge in [0.2, 0.25) is 0 Å². The maximum Gasteiger partial charge on any atom is 0.147 e. The summed E-state index contributed by atoms with van der Waals surface area (Å²) in [4.78, 5) is 0. The van der Waals surface area contributed by atoms with Gasteiger partial charge in [0.05, 0.1) is 6.61 Å². The molecule has 0 amide bonds. The normalized spacial score (nSPS) is 14.2. The van der Waals surface area contributed by atoms with Crippen molar-refractivity contribution in [1.82, 2.24) is 5.32 Å². The quantitative estimate of drug-likeness (QED) is 0.607. The molecule has 0 spiro atoms. The predicted molar refractivity (Wildman–Crippen MR) is 58.3 cm³/mol. The molecule has 5 heteroatoms. The van der Waals surface area contributed by atoms with Gasteiger partial charge in [0, 0.05) is 25.2 Å². The Labute approximate surface area is 86.9 Å². The van der Waals surface area contributed by atoms with Crippen LogP contribution in [0.15, 0.2) is 0 Å². The van der Waals surface area contributed by atoms with Crippen molar-refractivity contribution < 1.29 is 13.2 Å². The van der Waals surface area contributed by atoms with Crippen molar-refractivity contribution in [2.75, 3.05) is 32.8 Å². The molecule has 0 heterocycles. The Morgan fingerprint density at radius 2 is 2.00 bits per heavy atom. The fourth-order valence-electron chi connectivity index (χ4n) is 1.27. The molecule has 0 saturated carbocycles. The van der Waals surface area contributed by atoms with Gasteiger partial charge in [-0.15, -0.1) is 0 Å². The lowest BCUT2D eigenvalue weighted by molar-refractivity contribution is 0.165. The van der Waals surface area contributed by atoms with E-state index in [1.54, 1.807) is 7.11 Å². The second-order valence-corrected chi connectivity index (χ2v) is 5.83. The number of hydrogen-bond donors (Lipinski definition) is 1. The van der Waals surface area contributed by atoms with E-state index in [2.05, 4.69) is 5.32 Å². The highest BCUT2D eigenvalue weighted by Crippen LogP contribution is 2.02. The summed E-state index contributed by atoms with van der Waals surface area (Å²) in [7, 11) is 0.764. The molecule has 0 aromatic heterocycles. The Hall–Kier alpha value is -0.130. The van der Waals surface area contributed by atoms with Crippen molar-refractivity contribution in [1.29, 1.82) is 0 Å². The number of nitrogens with one attached hydrogen (secondary N) is 1. The van der Waals surface area contributed by atoms with Crippen LogP contribution in [0.5, 0.6) is 0 Å². The first-order chi connectivity index (χ1) is 6.49. The molecule has 0 aromatic carbocycles. The summed E-state index contributed by atoms with van der Waals surface area (Å²) in [6.45, 7) is 0.676. The van der Waals surface area contributed by atoms with Crippen molar-refractivity contribution in [3.8, 4) is 0 Å². The maximum atomic E-state index is 10.8. The van der Waals surface area contributed by atoms with Gasteiger partial charge >= 0.3 is 0 Å². The fraction of sp³-hybridized carbons (Fsp3) is 1.00. The zero-order valence-electron chi connectivity index (χ0n) is 9.25. The summed E-state index contributed by atoms with van der Waals surface area (Å²) < 4.78 is 26.7. The average molecular weight is 223 g/mol. The van der Waals surface area contributed by atoms with Crippen LogP contribution in [0.25, 0.3) is 0 Å². The summed E-state index contributed by atoms with van der Waals surface area (Å²) in [5, 5.41) is 3.13. The van der Waals surface area contributed by atoms with Gasteiger partial charge in [0.15, 0.2) is 0 Å². The van der Waals surface area contributed by atoms with Crippen LogP contribution in [0.2, 0.25) is 0 Å². The Kier molecular flexibility index (Phi) is 7.13. The Morgan fingerprint density at radius 3 is 2.43 bits per heavy atom. The van der Waals surface area contributed by atoms with E-state index in [0.29, 0.717) is 12.6 Å². The van der Waals surface area contributed by atoms with Crippen LogP contribution in [0.4, 0.5) is 0 Å². The van der Waals surface area contributed by atoms with E-state index in [4.69, 9.17) is 4.74 Å². The lowest BCUT2D eigenvalue weighted by Gasteiger charge is -2.14. The molecule has 0 radical (unpaired) electrons. The van der Waals surface area contributed by atoms with Crippen LogP contribution < -0.4 is 5.32 Å². The van der Waals surface area contributed by atoms with Crippen molar-refractivity contribution >= 4 is 9.84 Å². The molecule has 0 aliphatic heterocycles. The highest BCUT2D eigenvalue weighted by atomic mass is 32.2. The first-order valence-electron chi connectivity index (χ1n) is 4.83. The minimum atomic E-state index is -2.79. The van der Waals surface area contributed by atoms with Crippen LogP contribution in [-0.2, 0) is 14.6 Å². The van der Waals surface area contributed by atoms with Crippen LogP contribution in [0, 0.1) is 0 Å². The first-order valence-corrected chi connectivity index (χ1v) is 6.89. The van der Waals surface area contributed by atoms with E-state index in [-0.39, 0.29) is 5.75 Å². The molecule has 4 nitrogen and oxygen atoms in total. The maximum absolute atomic E-state index is 10.8. The van der Waals surface area contributed by atoms with Gasteiger partial charge in [-0.25, -0.2) is 8.42 Å². The molecule has 1 atom stereocenters. The number of unbranched alkanes of at least 4 members (excludes halogenated alkanes) is 1. The number of rotatable bonds is 8. The topological polar surface area (TPSA) is 55.4 Å². The van der Waals surface area contributed by atoms with Crippen molar-refractivity contribution in [3.05, 3.63) is 0 Å². The molecule has 86 valence electrons. The monoisotopic (exact) mass is 223 g/mol. The van der Waals surface area contributed by atoms with E-state index in [0.717, 1.165) is 19.3 Å². The predicted octanol–water partition coefficient (Wildman–Crippen LogP) is 0.436. The van der Waals surface area contributed by atoms with E-state index in [1.807, 2.05) is 7.05 Å². The molecule has 0 aromatic rings. The molecule has 0 saturated heterocycles. The van der Waals surface area contributed by atoms with Gasteiger partial charge in [-0.3, -0.25) is 0 Å². The lowest BCUT2D eigenvalue weighted by atomic mass is 10.1. The van der Waals surface area contributed by atoms with Crippen molar-refractivity contribution in [2.24, 2.45) is 0 Å². The molecule has 0 bridgehead atoms. The molecule has 0 fully saturated rings. The van der Waals surface area contributed by atoms with Crippen LogP contribution in [0.3, 0.4) is 0 Å². The number of likely N-dealkylation sites (N-methyl/N-ethyl adjacent to an activating group) is 1. The first kappa shape index (κ1) is 13.9. The van der Waals surface area contributed by atoms with Gasteiger partial charge in [-0.2, -0.15) is 0 Å².